The van der Waals surface area contributed by atoms with Crippen molar-refractivity contribution in [2.24, 2.45) is 0 Å². The molecule has 0 bridgehead atoms. The molecule has 4 rings (SSSR count). The molecule has 0 aliphatic carbocycles. The van der Waals surface area contributed by atoms with Crippen LogP contribution in [0.1, 0.15) is 5.56 Å². The van der Waals surface area contributed by atoms with E-state index in [1.807, 2.05) is 28.7 Å². The Morgan fingerprint density at radius 1 is 1.26 bits per heavy atom. The number of aromatic nitrogens is 2. The highest BCUT2D eigenvalue weighted by Crippen LogP contribution is 2.26. The molecule has 0 spiro atoms. The van der Waals surface area contributed by atoms with Crippen molar-refractivity contribution in [3.05, 3.63) is 62.9 Å². The van der Waals surface area contributed by atoms with Crippen LogP contribution in [0.4, 0.5) is 0 Å². The molecule has 0 radical (unpaired) electrons. The van der Waals surface area contributed by atoms with Gasteiger partial charge >= 0.3 is 0 Å². The van der Waals surface area contributed by atoms with E-state index in [0.29, 0.717) is 16.1 Å². The van der Waals surface area contributed by atoms with E-state index in [-0.39, 0.29) is 10.5 Å². The fourth-order valence-corrected chi connectivity index (χ4v) is 3.45. The van der Waals surface area contributed by atoms with Crippen molar-refractivity contribution in [3.63, 3.8) is 0 Å². The highest BCUT2D eigenvalue weighted by atomic mass is 32.1. The van der Waals surface area contributed by atoms with Crippen LogP contribution < -0.4 is 14.8 Å². The number of thiazole rings is 1. The highest BCUT2D eigenvalue weighted by molar-refractivity contribution is 7.14. The number of nitrogens with zero attached hydrogens (tertiary/aromatic N) is 2. The number of phenolic OH excluding ortho intramolecular Hbond substituents is 1. The molecule has 0 amide bonds. The van der Waals surface area contributed by atoms with Crippen LogP contribution in [0.25, 0.3) is 22.1 Å². The fourth-order valence-electron chi connectivity index (χ4n) is 2.60. The summed E-state index contributed by atoms with van der Waals surface area (Å²) in [6.07, 6.45) is 1.78. The predicted octanol–water partition coefficient (Wildman–Crippen LogP) is 2.17. The molecule has 2 aromatic carbocycles. The van der Waals surface area contributed by atoms with Crippen molar-refractivity contribution < 1.29 is 9.84 Å². The number of fused-ring (bicyclic) bond motifs is 3. The second-order valence-electron chi connectivity index (χ2n) is 5.07. The normalized spacial score (nSPS) is 12.3. The van der Waals surface area contributed by atoms with Gasteiger partial charge in [-0.2, -0.15) is 0 Å². The van der Waals surface area contributed by atoms with E-state index < -0.39 is 0 Å². The van der Waals surface area contributed by atoms with Crippen molar-refractivity contribution in [2.45, 2.75) is 0 Å². The van der Waals surface area contributed by atoms with Crippen molar-refractivity contribution in [2.75, 3.05) is 7.11 Å². The summed E-state index contributed by atoms with van der Waals surface area (Å²) in [5.74, 6) is 0.434. The van der Waals surface area contributed by atoms with Crippen molar-refractivity contribution in [1.29, 1.82) is 0 Å². The molecule has 0 aliphatic heterocycles. The zero-order valence-electron chi connectivity index (χ0n) is 12.2. The van der Waals surface area contributed by atoms with Crippen LogP contribution in [0.15, 0.2) is 47.3 Å². The van der Waals surface area contributed by atoms with Crippen LogP contribution in [0.2, 0.25) is 0 Å². The molecule has 4 aromatic rings. The van der Waals surface area contributed by atoms with Gasteiger partial charge in [-0.15, -0.1) is 0 Å². The second-order valence-corrected chi connectivity index (χ2v) is 6.01. The van der Waals surface area contributed by atoms with Gasteiger partial charge in [0.05, 0.1) is 18.1 Å². The Hall–Kier alpha value is -2.86. The van der Waals surface area contributed by atoms with Crippen LogP contribution in [0.5, 0.6) is 11.5 Å². The summed E-state index contributed by atoms with van der Waals surface area (Å²) in [7, 11) is 1.49. The van der Waals surface area contributed by atoms with E-state index in [9.17, 15) is 9.90 Å². The third kappa shape index (κ3) is 2.15. The van der Waals surface area contributed by atoms with Gasteiger partial charge in [0.2, 0.25) is 0 Å². The number of phenols is 1. The highest BCUT2D eigenvalue weighted by Gasteiger charge is 2.10. The molecule has 0 saturated heterocycles. The maximum atomic E-state index is 12.3. The first-order chi connectivity index (χ1) is 11.2. The molecule has 114 valence electrons. The lowest BCUT2D eigenvalue weighted by atomic mass is 10.2. The Labute approximate surface area is 134 Å². The van der Waals surface area contributed by atoms with Crippen molar-refractivity contribution in [3.8, 4) is 11.5 Å². The van der Waals surface area contributed by atoms with Crippen molar-refractivity contribution >= 4 is 33.4 Å². The van der Waals surface area contributed by atoms with Gasteiger partial charge in [0.1, 0.15) is 5.35 Å². The number of aromatic hydroxyl groups is 1. The third-order valence-electron chi connectivity index (χ3n) is 3.67. The number of benzene rings is 2. The Kier molecular flexibility index (Phi) is 3.06. The van der Waals surface area contributed by atoms with Crippen LogP contribution in [0.3, 0.4) is 0 Å². The average Bonchev–Trinajstić information content (AvgIpc) is 3.05. The van der Waals surface area contributed by atoms with Crippen LogP contribution in [-0.2, 0) is 0 Å². The molecular weight excluding hydrogens is 312 g/mol. The summed E-state index contributed by atoms with van der Waals surface area (Å²) < 4.78 is 6.93. The number of rotatable bonds is 2. The summed E-state index contributed by atoms with van der Waals surface area (Å²) in [4.78, 5) is 17.5. The lowest BCUT2D eigenvalue weighted by Crippen LogP contribution is -2.23. The smallest absolute Gasteiger partial charge is 0.259 e. The van der Waals surface area contributed by atoms with Crippen LogP contribution in [-0.4, -0.2) is 21.6 Å². The molecule has 0 atom stereocenters. The van der Waals surface area contributed by atoms with Gasteiger partial charge in [-0.25, -0.2) is 4.98 Å². The van der Waals surface area contributed by atoms with Gasteiger partial charge in [-0.05, 0) is 35.9 Å². The number of imidazole rings is 1. The minimum atomic E-state index is -0.0507. The van der Waals surface area contributed by atoms with E-state index in [2.05, 4.69) is 4.98 Å². The zero-order chi connectivity index (χ0) is 16.0. The molecule has 2 aromatic heterocycles. The van der Waals surface area contributed by atoms with E-state index in [1.165, 1.54) is 7.11 Å². The number of para-hydroxylation sites is 2. The first kappa shape index (κ1) is 13.8. The van der Waals surface area contributed by atoms with E-state index in [0.717, 1.165) is 27.9 Å². The Balaban J connectivity index is 2.04. The predicted molar refractivity (Wildman–Crippen MR) is 90.3 cm³/mol. The first-order valence-corrected chi connectivity index (χ1v) is 7.78. The molecule has 5 nitrogen and oxygen atoms in total. The topological polar surface area (TPSA) is 63.8 Å². The van der Waals surface area contributed by atoms with Gasteiger partial charge < -0.3 is 9.84 Å². The fraction of sp³-hybridized carbons (Fsp3) is 0.0588. The standard InChI is InChI=1S/C17H12N2O3S/c1-22-15-9-10(6-7-14(15)20)8-13-16(21)23-17-18-11-4-2-3-5-12(11)19(13)17/h2-9,20H,1H3/b13-8-. The molecule has 2 heterocycles. The zero-order valence-corrected chi connectivity index (χ0v) is 13.0. The summed E-state index contributed by atoms with van der Waals surface area (Å²) in [6, 6.07) is 12.7. The quantitative estimate of drug-likeness (QED) is 0.614. The lowest BCUT2D eigenvalue weighted by molar-refractivity contribution is 0.373. The number of hydrogen-bond acceptors (Lipinski definition) is 5. The molecule has 0 unspecified atom stereocenters. The second kappa shape index (κ2) is 5.10. The van der Waals surface area contributed by atoms with Crippen LogP contribution in [0, 0.1) is 0 Å². The number of methoxy groups -OCH3 is 1. The molecular formula is C17H12N2O3S. The summed E-state index contributed by atoms with van der Waals surface area (Å²) >= 11 is 1.12. The number of ether oxygens (including phenoxy) is 1. The van der Waals surface area contributed by atoms with E-state index in [4.69, 9.17) is 4.74 Å². The molecule has 0 saturated carbocycles. The van der Waals surface area contributed by atoms with Gasteiger partial charge in [0.25, 0.3) is 4.74 Å². The Morgan fingerprint density at radius 2 is 2.09 bits per heavy atom. The average molecular weight is 324 g/mol. The summed E-state index contributed by atoms with van der Waals surface area (Å²) in [5, 5.41) is 10.2. The van der Waals surface area contributed by atoms with Crippen LogP contribution >= 0.6 is 11.3 Å². The van der Waals surface area contributed by atoms with E-state index in [1.54, 1.807) is 24.3 Å². The first-order valence-electron chi connectivity index (χ1n) is 6.96. The van der Waals surface area contributed by atoms with Crippen molar-refractivity contribution in [1.82, 2.24) is 9.38 Å². The van der Waals surface area contributed by atoms with Gasteiger partial charge in [0.15, 0.2) is 16.5 Å². The molecule has 0 aliphatic rings. The summed E-state index contributed by atoms with van der Waals surface area (Å²) in [6.45, 7) is 0. The van der Waals surface area contributed by atoms with Gasteiger partial charge in [-0.1, -0.05) is 29.5 Å². The van der Waals surface area contributed by atoms with Gasteiger partial charge in [-0.3, -0.25) is 9.20 Å². The molecule has 0 fully saturated rings. The Bertz CT molecular complexity index is 1140. The molecule has 1 N–H and O–H groups in total. The summed E-state index contributed by atoms with van der Waals surface area (Å²) in [5.41, 5.74) is 2.53. The third-order valence-corrected chi connectivity index (χ3v) is 4.52. The maximum absolute atomic E-state index is 12.3. The largest absolute Gasteiger partial charge is 0.504 e. The Morgan fingerprint density at radius 3 is 2.91 bits per heavy atom. The lowest BCUT2D eigenvalue weighted by Gasteiger charge is -2.03. The monoisotopic (exact) mass is 324 g/mol. The minimum absolute atomic E-state index is 0.0507. The van der Waals surface area contributed by atoms with Gasteiger partial charge in [0, 0.05) is 0 Å². The maximum Gasteiger partial charge on any atom is 0.259 e. The number of hydrogen-bond donors (Lipinski definition) is 1. The molecule has 23 heavy (non-hydrogen) atoms. The van der Waals surface area contributed by atoms with E-state index >= 15 is 0 Å². The minimum Gasteiger partial charge on any atom is -0.504 e. The SMILES string of the molecule is COc1cc(/C=c2/c(=O)sc3nc4ccccc4n23)ccc1O. The molecule has 6 heteroatoms.